The Morgan fingerprint density at radius 3 is 1.10 bits per heavy atom. The molecular formula is C30H61. The molecule has 0 fully saturated rings. The molecule has 0 heteroatoms. The van der Waals surface area contributed by atoms with Crippen molar-refractivity contribution in [2.75, 3.05) is 0 Å². The fourth-order valence-corrected chi connectivity index (χ4v) is 4.75. The van der Waals surface area contributed by atoms with Gasteiger partial charge in [0, 0.05) is 0 Å². The van der Waals surface area contributed by atoms with Crippen molar-refractivity contribution in [1.29, 1.82) is 0 Å². The minimum atomic E-state index is 0.715. The molecule has 0 N–H and O–H groups in total. The Balaban J connectivity index is 3.19. The molecule has 0 heterocycles. The van der Waals surface area contributed by atoms with Gasteiger partial charge in [0.15, 0.2) is 0 Å². The summed E-state index contributed by atoms with van der Waals surface area (Å²) in [4.78, 5) is 0. The number of hydrogen-bond donors (Lipinski definition) is 0. The fraction of sp³-hybridized carbons (Fsp3) is 0.967. The van der Waals surface area contributed by atoms with E-state index in [-0.39, 0.29) is 0 Å². The van der Waals surface area contributed by atoms with Gasteiger partial charge in [-0.05, 0) is 11.8 Å². The molecule has 30 heavy (non-hydrogen) atoms. The van der Waals surface area contributed by atoms with Gasteiger partial charge >= 0.3 is 0 Å². The second-order valence-electron chi connectivity index (χ2n) is 10.5. The van der Waals surface area contributed by atoms with E-state index in [1.165, 1.54) is 154 Å². The predicted octanol–water partition coefficient (Wildman–Crippen LogP) is 11.5. The molecule has 0 aromatic rings. The predicted molar refractivity (Wildman–Crippen MR) is 140 cm³/mol. The maximum absolute atomic E-state index is 4.42. The third-order valence-electron chi connectivity index (χ3n) is 7.08. The minimum Gasteiger partial charge on any atom is -0.0654 e. The van der Waals surface area contributed by atoms with E-state index in [9.17, 15) is 0 Å². The molecule has 0 aromatic carbocycles. The molecule has 2 unspecified atom stereocenters. The normalized spacial score (nSPS) is 13.6. The van der Waals surface area contributed by atoms with E-state index in [2.05, 4.69) is 27.7 Å². The van der Waals surface area contributed by atoms with Crippen LogP contribution in [0.1, 0.15) is 175 Å². The van der Waals surface area contributed by atoms with Gasteiger partial charge < -0.3 is 0 Å². The molecule has 0 bridgehead atoms. The molecule has 0 rings (SSSR count). The third-order valence-corrected chi connectivity index (χ3v) is 7.08. The Kier molecular flexibility index (Phi) is 25.3. The summed E-state index contributed by atoms with van der Waals surface area (Å²) in [5.41, 5.74) is 0. The highest BCUT2D eigenvalue weighted by Gasteiger charge is 2.03. The summed E-state index contributed by atoms with van der Waals surface area (Å²) >= 11 is 0. The Morgan fingerprint density at radius 2 is 0.700 bits per heavy atom. The molecule has 0 aliphatic carbocycles. The topological polar surface area (TPSA) is 0 Å². The van der Waals surface area contributed by atoms with Gasteiger partial charge in [-0.1, -0.05) is 182 Å². The highest BCUT2D eigenvalue weighted by Crippen LogP contribution is 2.20. The second-order valence-corrected chi connectivity index (χ2v) is 10.5. The first kappa shape index (κ1) is 30.0. The fourth-order valence-electron chi connectivity index (χ4n) is 4.75. The van der Waals surface area contributed by atoms with E-state index in [1.54, 1.807) is 0 Å². The van der Waals surface area contributed by atoms with Crippen molar-refractivity contribution >= 4 is 0 Å². The molecule has 0 saturated heterocycles. The molecule has 0 amide bonds. The molecule has 0 aliphatic rings. The average molecular weight is 422 g/mol. The lowest BCUT2D eigenvalue weighted by molar-refractivity contribution is 0.435. The summed E-state index contributed by atoms with van der Waals surface area (Å²) in [6, 6.07) is 0. The van der Waals surface area contributed by atoms with Crippen LogP contribution in [-0.2, 0) is 0 Å². The summed E-state index contributed by atoms with van der Waals surface area (Å²) in [5, 5.41) is 0. The number of hydrogen-bond acceptors (Lipinski definition) is 0. The molecule has 0 aliphatic heterocycles. The minimum absolute atomic E-state index is 0.715. The molecule has 181 valence electrons. The Morgan fingerprint density at radius 1 is 0.400 bits per heavy atom. The molecule has 0 aromatic heterocycles. The number of rotatable bonds is 25. The van der Waals surface area contributed by atoms with Crippen LogP contribution >= 0.6 is 0 Å². The molecule has 0 nitrogen and oxygen atoms in total. The second kappa shape index (κ2) is 25.3. The molecule has 1 radical (unpaired) electrons. The summed E-state index contributed by atoms with van der Waals surface area (Å²) in [5.74, 6) is 1.67. The zero-order valence-corrected chi connectivity index (χ0v) is 21.8. The largest absolute Gasteiger partial charge is 0.0654 e. The smallest absolute Gasteiger partial charge is 0.0414 e. The van der Waals surface area contributed by atoms with E-state index in [4.69, 9.17) is 0 Å². The summed E-state index contributed by atoms with van der Waals surface area (Å²) < 4.78 is 0. The van der Waals surface area contributed by atoms with Crippen LogP contribution in [0.4, 0.5) is 0 Å². The van der Waals surface area contributed by atoms with Gasteiger partial charge in [0.1, 0.15) is 0 Å². The van der Waals surface area contributed by atoms with Crippen LogP contribution in [0.25, 0.3) is 0 Å². The zero-order chi connectivity index (χ0) is 22.1. The van der Waals surface area contributed by atoms with Crippen LogP contribution < -0.4 is 0 Å². The van der Waals surface area contributed by atoms with Gasteiger partial charge in [-0.2, -0.15) is 0 Å². The maximum Gasteiger partial charge on any atom is -0.0414 e. The van der Waals surface area contributed by atoms with Gasteiger partial charge in [0.05, 0.1) is 0 Å². The van der Waals surface area contributed by atoms with Gasteiger partial charge in [0.25, 0.3) is 0 Å². The summed E-state index contributed by atoms with van der Waals surface area (Å²) in [7, 11) is 0. The zero-order valence-electron chi connectivity index (χ0n) is 21.8. The Hall–Kier alpha value is 0. The molecular weight excluding hydrogens is 360 g/mol. The molecule has 0 spiro atoms. The van der Waals surface area contributed by atoms with Crippen molar-refractivity contribution in [2.24, 2.45) is 11.8 Å². The maximum atomic E-state index is 4.42. The van der Waals surface area contributed by atoms with E-state index < -0.39 is 0 Å². The van der Waals surface area contributed by atoms with E-state index >= 15 is 0 Å². The molecule has 2 atom stereocenters. The first-order valence-electron chi connectivity index (χ1n) is 14.5. The van der Waals surface area contributed by atoms with Crippen LogP contribution in [0.5, 0.6) is 0 Å². The Labute approximate surface area is 193 Å². The highest BCUT2D eigenvalue weighted by atomic mass is 14.1. The SMILES string of the molecule is [CH2]C(CCCCCCCCCCCCCC)CCCCCCCCC(C)CCCC. The van der Waals surface area contributed by atoms with Gasteiger partial charge in [-0.25, -0.2) is 0 Å². The van der Waals surface area contributed by atoms with Crippen molar-refractivity contribution in [3.05, 3.63) is 6.92 Å². The van der Waals surface area contributed by atoms with Crippen LogP contribution in [-0.4, -0.2) is 0 Å². The first-order valence-corrected chi connectivity index (χ1v) is 14.5. The van der Waals surface area contributed by atoms with E-state index in [0.717, 1.165) is 5.92 Å². The van der Waals surface area contributed by atoms with Crippen LogP contribution in [0, 0.1) is 18.8 Å². The van der Waals surface area contributed by atoms with E-state index in [0.29, 0.717) is 5.92 Å². The summed E-state index contributed by atoms with van der Waals surface area (Å²) in [6.07, 6.45) is 34.5. The van der Waals surface area contributed by atoms with Crippen molar-refractivity contribution in [1.82, 2.24) is 0 Å². The third kappa shape index (κ3) is 24.3. The highest BCUT2D eigenvalue weighted by molar-refractivity contribution is 4.62. The lowest BCUT2D eigenvalue weighted by Crippen LogP contribution is -1.96. The Bertz CT molecular complexity index is 294. The summed E-state index contributed by atoms with van der Waals surface area (Å²) in [6.45, 7) is 11.5. The van der Waals surface area contributed by atoms with E-state index in [1.807, 2.05) is 0 Å². The number of unbranched alkanes of at least 4 members (excludes halogenated alkanes) is 17. The van der Waals surface area contributed by atoms with Gasteiger partial charge in [-0.15, -0.1) is 0 Å². The van der Waals surface area contributed by atoms with Crippen molar-refractivity contribution < 1.29 is 0 Å². The van der Waals surface area contributed by atoms with Crippen LogP contribution in [0.2, 0.25) is 0 Å². The van der Waals surface area contributed by atoms with Crippen molar-refractivity contribution in [3.8, 4) is 0 Å². The first-order chi connectivity index (χ1) is 14.7. The van der Waals surface area contributed by atoms with Gasteiger partial charge in [-0.3, -0.25) is 0 Å². The lowest BCUT2D eigenvalue weighted by Gasteiger charge is -2.11. The van der Waals surface area contributed by atoms with Gasteiger partial charge in [0.2, 0.25) is 0 Å². The van der Waals surface area contributed by atoms with Crippen molar-refractivity contribution in [3.63, 3.8) is 0 Å². The quantitative estimate of drug-likeness (QED) is 0.128. The monoisotopic (exact) mass is 421 g/mol. The molecule has 0 saturated carbocycles. The van der Waals surface area contributed by atoms with Crippen LogP contribution in [0.3, 0.4) is 0 Å². The van der Waals surface area contributed by atoms with Crippen molar-refractivity contribution in [2.45, 2.75) is 175 Å². The lowest BCUT2D eigenvalue weighted by atomic mass is 9.95. The average Bonchev–Trinajstić information content (AvgIpc) is 2.74. The van der Waals surface area contributed by atoms with Crippen LogP contribution in [0.15, 0.2) is 0 Å². The standard InChI is InChI=1S/C30H61/c1-5-7-9-10-11-12-13-14-15-16-19-23-27-30(4)28-24-21-18-17-20-22-26-29(3)25-8-6-2/h29-30H,4-28H2,1-3H3.